The van der Waals surface area contributed by atoms with E-state index in [4.69, 9.17) is 9.47 Å². The highest BCUT2D eigenvalue weighted by Crippen LogP contribution is 2.25. The van der Waals surface area contributed by atoms with Crippen LogP contribution in [-0.4, -0.2) is 62.6 Å². The number of anilines is 1. The van der Waals surface area contributed by atoms with Crippen LogP contribution in [0.15, 0.2) is 48.5 Å². The zero-order chi connectivity index (χ0) is 23.9. The molecule has 0 spiro atoms. The van der Waals surface area contributed by atoms with Crippen molar-refractivity contribution in [2.45, 2.75) is 44.0 Å². The fourth-order valence-electron chi connectivity index (χ4n) is 4.88. The summed E-state index contributed by atoms with van der Waals surface area (Å²) >= 11 is 0. The average molecular weight is 474 g/mol. The van der Waals surface area contributed by atoms with Gasteiger partial charge >= 0.3 is 6.03 Å². The van der Waals surface area contributed by atoms with E-state index in [1.807, 2.05) is 12.1 Å². The molecule has 2 aromatic carbocycles. The molecule has 4 atom stereocenters. The third kappa shape index (κ3) is 6.67. The van der Waals surface area contributed by atoms with Crippen LogP contribution >= 0.6 is 0 Å². The molecule has 184 valence electrons. The standard InChI is InChI=1S/C26H33F2N3O3/c1-33-22-10-8-21(9-11-22)29-26(32)30-25-23(28)12-14-34-24(25)17-31-13-2-3-19(16-31)15-18-4-6-20(27)7-5-18/h4-11,19,23-25H,2-3,12-17H2,1H3,(H2,29,30,32). The van der Waals surface area contributed by atoms with Gasteiger partial charge in [0.25, 0.3) is 0 Å². The number of benzene rings is 2. The first-order valence-corrected chi connectivity index (χ1v) is 11.9. The van der Waals surface area contributed by atoms with E-state index >= 15 is 0 Å². The number of alkyl halides is 1. The lowest BCUT2D eigenvalue weighted by atomic mass is 9.90. The van der Waals surface area contributed by atoms with Crippen molar-refractivity contribution in [3.8, 4) is 5.75 Å². The molecule has 2 heterocycles. The Bertz CT molecular complexity index is 926. The number of nitrogens with zero attached hydrogens (tertiary/aromatic N) is 1. The molecule has 2 saturated heterocycles. The Morgan fingerprint density at radius 1 is 1.15 bits per heavy atom. The Morgan fingerprint density at radius 3 is 2.65 bits per heavy atom. The van der Waals surface area contributed by atoms with Crippen LogP contribution in [-0.2, 0) is 11.2 Å². The summed E-state index contributed by atoms with van der Waals surface area (Å²) in [4.78, 5) is 14.9. The predicted octanol–water partition coefficient (Wildman–Crippen LogP) is 4.41. The zero-order valence-electron chi connectivity index (χ0n) is 19.5. The molecular formula is C26H33F2N3O3. The van der Waals surface area contributed by atoms with Crippen LogP contribution in [0.4, 0.5) is 19.3 Å². The number of methoxy groups -OCH3 is 1. The summed E-state index contributed by atoms with van der Waals surface area (Å²) in [5, 5.41) is 5.55. The second-order valence-electron chi connectivity index (χ2n) is 9.17. The highest BCUT2D eigenvalue weighted by Gasteiger charge is 2.37. The second-order valence-corrected chi connectivity index (χ2v) is 9.17. The molecule has 2 aliphatic heterocycles. The van der Waals surface area contributed by atoms with Gasteiger partial charge in [-0.05, 0) is 73.7 Å². The summed E-state index contributed by atoms with van der Waals surface area (Å²) in [6, 6.07) is 12.5. The lowest BCUT2D eigenvalue weighted by Gasteiger charge is -2.40. The quantitative estimate of drug-likeness (QED) is 0.626. The first-order valence-electron chi connectivity index (χ1n) is 11.9. The topological polar surface area (TPSA) is 62.8 Å². The molecule has 8 heteroatoms. The van der Waals surface area contributed by atoms with Crippen LogP contribution in [0.1, 0.15) is 24.8 Å². The maximum atomic E-state index is 14.9. The first-order chi connectivity index (χ1) is 16.5. The number of piperidine rings is 1. The highest BCUT2D eigenvalue weighted by atomic mass is 19.1. The van der Waals surface area contributed by atoms with Gasteiger partial charge in [0, 0.05) is 31.8 Å². The van der Waals surface area contributed by atoms with E-state index in [0.29, 0.717) is 30.5 Å². The number of hydrogen-bond donors (Lipinski definition) is 2. The molecule has 4 unspecified atom stereocenters. The van der Waals surface area contributed by atoms with Gasteiger partial charge in [0.05, 0.1) is 19.3 Å². The van der Waals surface area contributed by atoms with Crippen LogP contribution < -0.4 is 15.4 Å². The van der Waals surface area contributed by atoms with Gasteiger partial charge in [-0.15, -0.1) is 0 Å². The molecule has 4 rings (SSSR count). The molecule has 6 nitrogen and oxygen atoms in total. The molecular weight excluding hydrogens is 440 g/mol. The van der Waals surface area contributed by atoms with Gasteiger partial charge in [0.15, 0.2) is 0 Å². The Kier molecular flexibility index (Phi) is 8.34. The molecule has 2 aliphatic rings. The molecule has 2 amide bonds. The van der Waals surface area contributed by atoms with E-state index in [2.05, 4.69) is 15.5 Å². The Hall–Kier alpha value is -2.71. The molecule has 2 fully saturated rings. The molecule has 0 aliphatic carbocycles. The molecule has 34 heavy (non-hydrogen) atoms. The van der Waals surface area contributed by atoms with Gasteiger partial charge in [-0.1, -0.05) is 12.1 Å². The van der Waals surface area contributed by atoms with E-state index in [0.717, 1.165) is 37.9 Å². The van der Waals surface area contributed by atoms with Gasteiger partial charge in [-0.2, -0.15) is 0 Å². The van der Waals surface area contributed by atoms with E-state index in [9.17, 15) is 13.6 Å². The predicted molar refractivity (Wildman–Crippen MR) is 127 cm³/mol. The van der Waals surface area contributed by atoms with Crippen LogP contribution in [0, 0.1) is 11.7 Å². The number of halogens is 2. The number of rotatable bonds is 7. The molecule has 2 aromatic rings. The minimum atomic E-state index is -1.17. The number of likely N-dealkylation sites (tertiary alicyclic amines) is 1. The number of carbonyl (C=O) groups is 1. The maximum absolute atomic E-state index is 14.9. The molecule has 0 aromatic heterocycles. The van der Waals surface area contributed by atoms with Crippen molar-refractivity contribution in [3.63, 3.8) is 0 Å². The lowest BCUT2D eigenvalue weighted by molar-refractivity contribution is -0.0599. The van der Waals surface area contributed by atoms with Crippen molar-refractivity contribution < 1.29 is 23.0 Å². The fourth-order valence-corrected chi connectivity index (χ4v) is 4.88. The molecule has 0 bridgehead atoms. The van der Waals surface area contributed by atoms with E-state index in [1.54, 1.807) is 31.4 Å². The summed E-state index contributed by atoms with van der Waals surface area (Å²) in [6.07, 6.45) is 1.72. The van der Waals surface area contributed by atoms with Crippen molar-refractivity contribution in [2.75, 3.05) is 38.7 Å². The monoisotopic (exact) mass is 473 g/mol. The van der Waals surface area contributed by atoms with Crippen LogP contribution in [0.25, 0.3) is 0 Å². The van der Waals surface area contributed by atoms with Crippen molar-refractivity contribution in [1.29, 1.82) is 0 Å². The van der Waals surface area contributed by atoms with Gasteiger partial charge in [-0.25, -0.2) is 13.6 Å². The van der Waals surface area contributed by atoms with Gasteiger partial charge in [-0.3, -0.25) is 0 Å². The number of ether oxygens (including phenoxy) is 2. The van der Waals surface area contributed by atoms with Crippen molar-refractivity contribution in [3.05, 3.63) is 59.9 Å². The van der Waals surface area contributed by atoms with Crippen LogP contribution in [0.2, 0.25) is 0 Å². The normalized spacial score (nSPS) is 25.5. The van der Waals surface area contributed by atoms with Crippen LogP contribution in [0.5, 0.6) is 5.75 Å². The summed E-state index contributed by atoms with van der Waals surface area (Å²) in [6.45, 7) is 2.70. The maximum Gasteiger partial charge on any atom is 0.319 e. The smallest absolute Gasteiger partial charge is 0.319 e. The number of hydrogen-bond acceptors (Lipinski definition) is 4. The second kappa shape index (κ2) is 11.6. The van der Waals surface area contributed by atoms with Crippen molar-refractivity contribution in [1.82, 2.24) is 10.2 Å². The lowest BCUT2D eigenvalue weighted by Crippen LogP contribution is -2.58. The zero-order valence-corrected chi connectivity index (χ0v) is 19.5. The van der Waals surface area contributed by atoms with E-state index < -0.39 is 24.3 Å². The number of amides is 2. The number of carbonyl (C=O) groups excluding carboxylic acids is 1. The SMILES string of the molecule is COc1ccc(NC(=O)NC2C(F)CCOC2CN2CCCC(Cc3ccc(F)cc3)C2)cc1. The van der Waals surface area contributed by atoms with Gasteiger partial charge in [0.1, 0.15) is 17.7 Å². The Labute approximate surface area is 199 Å². The van der Waals surface area contributed by atoms with Crippen molar-refractivity contribution >= 4 is 11.7 Å². The third-order valence-corrected chi connectivity index (χ3v) is 6.64. The minimum Gasteiger partial charge on any atom is -0.497 e. The van der Waals surface area contributed by atoms with Gasteiger partial charge in [0.2, 0.25) is 0 Å². The minimum absolute atomic E-state index is 0.223. The summed E-state index contributed by atoms with van der Waals surface area (Å²) in [7, 11) is 1.58. The summed E-state index contributed by atoms with van der Waals surface area (Å²) in [5.41, 5.74) is 1.72. The molecule has 2 N–H and O–H groups in total. The van der Waals surface area contributed by atoms with Crippen LogP contribution in [0.3, 0.4) is 0 Å². The Balaban J connectivity index is 1.32. The largest absolute Gasteiger partial charge is 0.497 e. The molecule has 0 saturated carbocycles. The van der Waals surface area contributed by atoms with E-state index in [1.165, 1.54) is 12.1 Å². The van der Waals surface area contributed by atoms with Crippen molar-refractivity contribution in [2.24, 2.45) is 5.92 Å². The highest BCUT2D eigenvalue weighted by molar-refractivity contribution is 5.89. The average Bonchev–Trinajstić information content (AvgIpc) is 2.83. The first kappa shape index (κ1) is 24.4. The van der Waals surface area contributed by atoms with Gasteiger partial charge < -0.3 is 25.0 Å². The van der Waals surface area contributed by atoms with E-state index in [-0.39, 0.29) is 12.2 Å². The Morgan fingerprint density at radius 2 is 1.91 bits per heavy atom. The molecule has 0 radical (unpaired) electrons. The fraction of sp³-hybridized carbons (Fsp3) is 0.500. The summed E-state index contributed by atoms with van der Waals surface area (Å²) < 4.78 is 39.1. The third-order valence-electron chi connectivity index (χ3n) is 6.64. The number of nitrogens with one attached hydrogen (secondary N) is 2. The summed E-state index contributed by atoms with van der Waals surface area (Å²) in [5.74, 6) is 0.919. The number of urea groups is 1.